The van der Waals surface area contributed by atoms with E-state index in [0.29, 0.717) is 0 Å². The Morgan fingerprint density at radius 2 is 2.08 bits per heavy atom. The highest BCUT2D eigenvalue weighted by molar-refractivity contribution is 9.10. The summed E-state index contributed by atoms with van der Waals surface area (Å²) in [4.78, 5) is 0. The summed E-state index contributed by atoms with van der Waals surface area (Å²) in [5.74, 6) is 1.15. The highest BCUT2D eigenvalue weighted by Gasteiger charge is 2.41. The first kappa shape index (κ1) is 15.9. The van der Waals surface area contributed by atoms with Gasteiger partial charge in [0.2, 0.25) is 6.23 Å². The maximum Gasteiger partial charge on any atom is 0.214 e. The summed E-state index contributed by atoms with van der Waals surface area (Å²) in [5.41, 5.74) is 3.86. The number of nitrogens with zero attached hydrogens (tertiary/aromatic N) is 2. The number of aromatic hydroxyl groups is 1. The Kier molecular flexibility index (Phi) is 3.76. The molecule has 0 saturated carbocycles. The zero-order valence-corrected chi connectivity index (χ0v) is 16.1. The van der Waals surface area contributed by atoms with E-state index in [1.165, 1.54) is 0 Å². The first-order valence-corrected chi connectivity index (χ1v) is 10.1. The lowest BCUT2D eigenvalue weighted by Crippen LogP contribution is -2.33. The molecule has 2 atom stereocenters. The predicted molar refractivity (Wildman–Crippen MR) is 106 cm³/mol. The third-order valence-electron chi connectivity index (χ3n) is 4.80. The first-order chi connectivity index (χ1) is 12.7. The van der Waals surface area contributed by atoms with Crippen LogP contribution in [0.4, 0.5) is 0 Å². The molecule has 0 spiro atoms. The molecule has 130 valence electrons. The second-order valence-electron chi connectivity index (χ2n) is 6.37. The third-order valence-corrected chi connectivity index (χ3v) is 5.99. The van der Waals surface area contributed by atoms with E-state index in [1.807, 2.05) is 35.3 Å². The lowest BCUT2D eigenvalue weighted by molar-refractivity contribution is -0.0188. The number of hydrazone groups is 1. The fourth-order valence-electron chi connectivity index (χ4n) is 3.57. The van der Waals surface area contributed by atoms with Gasteiger partial charge in [-0.1, -0.05) is 28.1 Å². The summed E-state index contributed by atoms with van der Waals surface area (Å²) >= 11 is 5.21. The predicted octanol–water partition coefficient (Wildman–Crippen LogP) is 5.46. The van der Waals surface area contributed by atoms with Gasteiger partial charge in [0.15, 0.2) is 0 Å². The van der Waals surface area contributed by atoms with Crippen LogP contribution in [0, 0.1) is 0 Å². The number of fused-ring (bicyclic) bond motifs is 3. The smallest absolute Gasteiger partial charge is 0.214 e. The van der Waals surface area contributed by atoms with Crippen LogP contribution in [0.25, 0.3) is 0 Å². The largest absolute Gasteiger partial charge is 0.507 e. The van der Waals surface area contributed by atoms with Gasteiger partial charge in [0, 0.05) is 27.6 Å². The molecule has 1 aromatic heterocycles. The number of rotatable bonds is 2. The highest BCUT2D eigenvalue weighted by Crippen LogP contribution is 2.48. The number of phenols is 1. The molecule has 0 amide bonds. The summed E-state index contributed by atoms with van der Waals surface area (Å²) in [5, 5.41) is 21.3. The summed E-state index contributed by atoms with van der Waals surface area (Å²) in [7, 11) is 0. The van der Waals surface area contributed by atoms with Gasteiger partial charge in [0.05, 0.1) is 11.8 Å². The number of phenolic OH excluding ortho intramolecular Hbond substituents is 1. The summed E-state index contributed by atoms with van der Waals surface area (Å²) in [6.45, 7) is 0. The summed E-state index contributed by atoms with van der Waals surface area (Å²) < 4.78 is 7.32. The number of ether oxygens (including phenoxy) is 1. The lowest BCUT2D eigenvalue weighted by Gasteiger charge is -2.37. The van der Waals surface area contributed by atoms with E-state index in [0.717, 1.165) is 39.0 Å². The van der Waals surface area contributed by atoms with Crippen LogP contribution < -0.4 is 4.74 Å². The van der Waals surface area contributed by atoms with Gasteiger partial charge >= 0.3 is 0 Å². The van der Waals surface area contributed by atoms with Gasteiger partial charge in [-0.25, -0.2) is 5.01 Å². The van der Waals surface area contributed by atoms with Crippen LogP contribution in [0.3, 0.4) is 0 Å². The summed E-state index contributed by atoms with van der Waals surface area (Å²) in [6.07, 6.45) is 0.466. The molecule has 0 unspecified atom stereocenters. The number of thiophene rings is 1. The van der Waals surface area contributed by atoms with Gasteiger partial charge in [-0.05, 0) is 47.2 Å². The van der Waals surface area contributed by atoms with Gasteiger partial charge < -0.3 is 9.84 Å². The van der Waals surface area contributed by atoms with Crippen LogP contribution in [0.5, 0.6) is 11.5 Å². The molecule has 2 aromatic carbocycles. The molecule has 0 aliphatic carbocycles. The molecule has 6 heteroatoms. The van der Waals surface area contributed by atoms with Gasteiger partial charge in [-0.15, -0.1) is 0 Å². The fourth-order valence-corrected chi connectivity index (χ4v) is 4.62. The van der Waals surface area contributed by atoms with Crippen LogP contribution in [0.2, 0.25) is 0 Å². The molecule has 3 aromatic rings. The van der Waals surface area contributed by atoms with Crippen LogP contribution in [0.1, 0.15) is 35.4 Å². The standard InChI is InChI=1S/C20H15BrN2O2S/c21-13-5-6-19-15(9-13)17-10-16(14-3-1-2-4-18(14)24)22-23(17)20(25-19)12-7-8-26-11-12/h1-9,11,17,20,24H,10H2/t17-,20-/m1/s1. The van der Waals surface area contributed by atoms with E-state index in [2.05, 4.69) is 38.8 Å². The number of para-hydroxylation sites is 1. The Labute approximate surface area is 163 Å². The molecule has 26 heavy (non-hydrogen) atoms. The second-order valence-corrected chi connectivity index (χ2v) is 8.07. The van der Waals surface area contributed by atoms with E-state index >= 15 is 0 Å². The number of halogens is 1. The van der Waals surface area contributed by atoms with E-state index in [9.17, 15) is 5.11 Å². The van der Waals surface area contributed by atoms with Crippen molar-refractivity contribution >= 4 is 33.0 Å². The van der Waals surface area contributed by atoms with Crippen molar-refractivity contribution in [1.29, 1.82) is 0 Å². The van der Waals surface area contributed by atoms with Crippen molar-refractivity contribution in [2.75, 3.05) is 0 Å². The molecule has 0 bridgehead atoms. The zero-order valence-electron chi connectivity index (χ0n) is 13.7. The second kappa shape index (κ2) is 6.14. The molecular formula is C20H15BrN2O2S. The van der Waals surface area contributed by atoms with E-state index < -0.39 is 0 Å². The molecular weight excluding hydrogens is 412 g/mol. The minimum atomic E-state index is -0.261. The van der Waals surface area contributed by atoms with Crippen LogP contribution in [0.15, 0.2) is 68.9 Å². The topological polar surface area (TPSA) is 45.1 Å². The van der Waals surface area contributed by atoms with Crippen LogP contribution >= 0.6 is 27.3 Å². The van der Waals surface area contributed by atoms with Crippen molar-refractivity contribution in [2.24, 2.45) is 5.10 Å². The van der Waals surface area contributed by atoms with Crippen LogP contribution in [-0.4, -0.2) is 15.8 Å². The van der Waals surface area contributed by atoms with Crippen LogP contribution in [-0.2, 0) is 0 Å². The molecule has 0 saturated heterocycles. The monoisotopic (exact) mass is 426 g/mol. The Morgan fingerprint density at radius 1 is 1.19 bits per heavy atom. The maximum absolute atomic E-state index is 10.3. The maximum atomic E-state index is 10.3. The molecule has 2 aliphatic rings. The molecule has 0 fully saturated rings. The molecule has 2 aliphatic heterocycles. The molecule has 3 heterocycles. The van der Waals surface area contributed by atoms with Crippen molar-refractivity contribution in [1.82, 2.24) is 5.01 Å². The van der Waals surface area contributed by atoms with Crippen molar-refractivity contribution < 1.29 is 9.84 Å². The Morgan fingerprint density at radius 3 is 2.88 bits per heavy atom. The molecule has 1 N–H and O–H groups in total. The quantitative estimate of drug-likeness (QED) is 0.591. The first-order valence-electron chi connectivity index (χ1n) is 8.33. The van der Waals surface area contributed by atoms with E-state index in [4.69, 9.17) is 9.84 Å². The highest BCUT2D eigenvalue weighted by atomic mass is 79.9. The van der Waals surface area contributed by atoms with Gasteiger partial charge in [0.25, 0.3) is 0 Å². The van der Waals surface area contributed by atoms with Crippen molar-refractivity contribution in [3.63, 3.8) is 0 Å². The van der Waals surface area contributed by atoms with Crippen molar-refractivity contribution in [3.05, 3.63) is 80.5 Å². The average molecular weight is 427 g/mol. The average Bonchev–Trinajstić information content (AvgIpc) is 3.32. The Bertz CT molecular complexity index is 1000. The molecule has 0 radical (unpaired) electrons. The minimum Gasteiger partial charge on any atom is -0.507 e. The van der Waals surface area contributed by atoms with Gasteiger partial charge in [-0.3, -0.25) is 0 Å². The van der Waals surface area contributed by atoms with E-state index in [1.54, 1.807) is 17.4 Å². The van der Waals surface area contributed by atoms with Gasteiger partial charge in [-0.2, -0.15) is 16.4 Å². The van der Waals surface area contributed by atoms with Crippen molar-refractivity contribution in [3.8, 4) is 11.5 Å². The Hall–Kier alpha value is -2.31. The SMILES string of the molecule is Oc1ccccc1C1=NN2[C@H](C1)c1cc(Br)ccc1O[C@@H]2c1ccsc1. The Balaban J connectivity index is 1.62. The molecule has 5 rings (SSSR count). The number of hydrogen-bond donors (Lipinski definition) is 1. The number of benzene rings is 2. The van der Waals surface area contributed by atoms with Crippen molar-refractivity contribution in [2.45, 2.75) is 18.7 Å². The normalized spacial score (nSPS) is 21.0. The molecule has 4 nitrogen and oxygen atoms in total. The fraction of sp³-hybridized carbons (Fsp3) is 0.150. The minimum absolute atomic E-state index is 0.0794. The zero-order chi connectivity index (χ0) is 17.7. The van der Waals surface area contributed by atoms with E-state index in [-0.39, 0.29) is 18.0 Å². The van der Waals surface area contributed by atoms with Gasteiger partial charge in [0.1, 0.15) is 11.5 Å². The third kappa shape index (κ3) is 2.52. The lowest BCUT2D eigenvalue weighted by atomic mass is 9.96. The number of hydrogen-bond acceptors (Lipinski definition) is 5. The summed E-state index contributed by atoms with van der Waals surface area (Å²) in [6, 6.07) is 15.6.